The molecule has 0 unspecified atom stereocenters. The van der Waals surface area contributed by atoms with Crippen LogP contribution in [0.3, 0.4) is 0 Å². The number of benzene rings is 1. The van der Waals surface area contributed by atoms with E-state index in [0.29, 0.717) is 5.82 Å². The van der Waals surface area contributed by atoms with Crippen LogP contribution >= 0.6 is 15.9 Å². The van der Waals surface area contributed by atoms with Crippen molar-refractivity contribution in [3.63, 3.8) is 0 Å². The van der Waals surface area contributed by atoms with Crippen LogP contribution in [-0.2, 0) is 0 Å². The fourth-order valence-electron chi connectivity index (χ4n) is 1.20. The highest BCUT2D eigenvalue weighted by Crippen LogP contribution is 2.29. The average molecular weight is 226 g/mol. The number of H-pyrrole nitrogens is 1. The number of aromatic amines is 1. The third-order valence-corrected chi connectivity index (χ3v) is 2.91. The minimum atomic E-state index is 0.542. The first-order valence-corrected chi connectivity index (χ1v) is 4.38. The molecule has 0 aliphatic rings. The summed E-state index contributed by atoms with van der Waals surface area (Å²) in [5.74, 6) is 0.542. The predicted molar refractivity (Wildman–Crippen MR) is 52.9 cm³/mol. The van der Waals surface area contributed by atoms with Crippen molar-refractivity contribution in [1.82, 2.24) is 10.2 Å². The van der Waals surface area contributed by atoms with E-state index in [4.69, 9.17) is 5.73 Å². The van der Waals surface area contributed by atoms with E-state index in [1.54, 1.807) is 0 Å². The normalized spacial score (nSPS) is 10.8. The monoisotopic (exact) mass is 225 g/mol. The number of nitrogen functional groups attached to an aromatic ring is 1. The van der Waals surface area contributed by atoms with Crippen LogP contribution in [0.4, 0.5) is 5.82 Å². The van der Waals surface area contributed by atoms with E-state index < -0.39 is 0 Å². The molecule has 62 valence electrons. The number of aryl methyl sites for hydroxylation is 1. The second-order valence-corrected chi connectivity index (χ2v) is 3.52. The zero-order chi connectivity index (χ0) is 8.72. The van der Waals surface area contributed by atoms with Gasteiger partial charge in [0.1, 0.15) is 0 Å². The smallest absolute Gasteiger partial charge is 0.154 e. The summed E-state index contributed by atoms with van der Waals surface area (Å²) >= 11 is 3.47. The van der Waals surface area contributed by atoms with Crippen LogP contribution in [0.5, 0.6) is 0 Å². The number of halogens is 1. The Bertz CT molecular complexity index is 433. The molecule has 1 aromatic carbocycles. The largest absolute Gasteiger partial charge is 0.382 e. The van der Waals surface area contributed by atoms with Gasteiger partial charge in [-0.2, -0.15) is 5.10 Å². The molecule has 3 N–H and O–H groups in total. The van der Waals surface area contributed by atoms with Crippen LogP contribution in [0, 0.1) is 6.92 Å². The fraction of sp³-hybridized carbons (Fsp3) is 0.125. The van der Waals surface area contributed by atoms with Gasteiger partial charge in [0.25, 0.3) is 0 Å². The molecule has 4 heteroatoms. The van der Waals surface area contributed by atoms with Gasteiger partial charge in [-0.25, -0.2) is 0 Å². The molecule has 0 radical (unpaired) electrons. The predicted octanol–water partition coefficient (Wildman–Crippen LogP) is 2.22. The van der Waals surface area contributed by atoms with Gasteiger partial charge in [0, 0.05) is 4.47 Å². The van der Waals surface area contributed by atoms with E-state index in [0.717, 1.165) is 20.9 Å². The van der Waals surface area contributed by atoms with Crippen molar-refractivity contribution in [2.75, 3.05) is 5.73 Å². The maximum absolute atomic E-state index is 5.67. The van der Waals surface area contributed by atoms with Gasteiger partial charge in [-0.15, -0.1) is 0 Å². The van der Waals surface area contributed by atoms with Crippen LogP contribution in [-0.4, -0.2) is 10.2 Å². The van der Waals surface area contributed by atoms with Gasteiger partial charge in [-0.1, -0.05) is 6.07 Å². The Morgan fingerprint density at radius 2 is 2.25 bits per heavy atom. The number of nitrogens with one attached hydrogen (secondary N) is 1. The number of nitrogens with zero attached hydrogens (tertiary/aromatic N) is 1. The van der Waals surface area contributed by atoms with Gasteiger partial charge < -0.3 is 5.73 Å². The molecule has 1 aromatic heterocycles. The Kier molecular flexibility index (Phi) is 1.58. The standard InChI is InChI=1S/C8H8BrN3/c1-4-2-3-5-6(7(4)9)8(10)12-11-5/h2-3H,1H3,(H3,10,11,12). The van der Waals surface area contributed by atoms with Gasteiger partial charge in [0.2, 0.25) is 0 Å². The molecule has 0 saturated heterocycles. The lowest BCUT2D eigenvalue weighted by Gasteiger charge is -1.98. The maximum atomic E-state index is 5.67. The molecule has 0 bridgehead atoms. The lowest BCUT2D eigenvalue weighted by atomic mass is 10.2. The minimum absolute atomic E-state index is 0.542. The summed E-state index contributed by atoms with van der Waals surface area (Å²) in [6, 6.07) is 3.99. The van der Waals surface area contributed by atoms with Crippen molar-refractivity contribution in [2.45, 2.75) is 6.92 Å². The number of hydrogen-bond donors (Lipinski definition) is 2. The molecule has 12 heavy (non-hydrogen) atoms. The number of fused-ring (bicyclic) bond motifs is 1. The summed E-state index contributed by atoms with van der Waals surface area (Å²) in [7, 11) is 0. The average Bonchev–Trinajstić information content (AvgIpc) is 2.41. The van der Waals surface area contributed by atoms with Crippen molar-refractivity contribution in [3.8, 4) is 0 Å². The quantitative estimate of drug-likeness (QED) is 0.723. The van der Waals surface area contributed by atoms with Crippen LogP contribution in [0.1, 0.15) is 5.56 Å². The van der Waals surface area contributed by atoms with E-state index >= 15 is 0 Å². The molecular weight excluding hydrogens is 218 g/mol. The van der Waals surface area contributed by atoms with E-state index in [2.05, 4.69) is 26.1 Å². The first-order chi connectivity index (χ1) is 5.70. The van der Waals surface area contributed by atoms with Crippen LogP contribution < -0.4 is 5.73 Å². The maximum Gasteiger partial charge on any atom is 0.154 e. The second kappa shape index (κ2) is 2.48. The lowest BCUT2D eigenvalue weighted by Crippen LogP contribution is -1.85. The molecule has 1 heterocycles. The molecule has 0 aliphatic heterocycles. The summed E-state index contributed by atoms with van der Waals surface area (Å²) in [6.07, 6.45) is 0. The third-order valence-electron chi connectivity index (χ3n) is 1.89. The highest BCUT2D eigenvalue weighted by Gasteiger charge is 2.07. The zero-order valence-corrected chi connectivity index (χ0v) is 8.14. The number of hydrogen-bond acceptors (Lipinski definition) is 2. The lowest BCUT2D eigenvalue weighted by molar-refractivity contribution is 1.13. The summed E-state index contributed by atoms with van der Waals surface area (Å²) in [4.78, 5) is 0. The highest BCUT2D eigenvalue weighted by atomic mass is 79.9. The zero-order valence-electron chi connectivity index (χ0n) is 6.56. The first kappa shape index (κ1) is 7.61. The Morgan fingerprint density at radius 1 is 1.50 bits per heavy atom. The topological polar surface area (TPSA) is 54.7 Å². The van der Waals surface area contributed by atoms with Crippen molar-refractivity contribution in [2.24, 2.45) is 0 Å². The van der Waals surface area contributed by atoms with Gasteiger partial charge in [-0.3, -0.25) is 5.10 Å². The Labute approximate surface area is 78.1 Å². The molecule has 0 amide bonds. The van der Waals surface area contributed by atoms with Gasteiger partial charge in [-0.05, 0) is 34.5 Å². The van der Waals surface area contributed by atoms with Crippen LogP contribution in [0.2, 0.25) is 0 Å². The second-order valence-electron chi connectivity index (χ2n) is 2.73. The number of nitrogens with two attached hydrogens (primary N) is 1. The molecule has 0 atom stereocenters. The number of aromatic nitrogens is 2. The van der Waals surface area contributed by atoms with Crippen molar-refractivity contribution in [1.29, 1.82) is 0 Å². The van der Waals surface area contributed by atoms with Crippen LogP contribution in [0.25, 0.3) is 10.9 Å². The van der Waals surface area contributed by atoms with Crippen LogP contribution in [0.15, 0.2) is 16.6 Å². The molecule has 2 aromatic rings. The van der Waals surface area contributed by atoms with Crippen molar-refractivity contribution >= 4 is 32.7 Å². The molecule has 0 aliphatic carbocycles. The molecule has 3 nitrogen and oxygen atoms in total. The molecular formula is C8H8BrN3. The van der Waals surface area contributed by atoms with E-state index in [-0.39, 0.29) is 0 Å². The van der Waals surface area contributed by atoms with E-state index in [1.165, 1.54) is 0 Å². The van der Waals surface area contributed by atoms with E-state index in [1.807, 2.05) is 19.1 Å². The summed E-state index contributed by atoms with van der Waals surface area (Å²) in [5.41, 5.74) is 7.80. The third kappa shape index (κ3) is 0.914. The molecule has 0 saturated carbocycles. The van der Waals surface area contributed by atoms with Gasteiger partial charge in [0.05, 0.1) is 10.9 Å². The number of anilines is 1. The Morgan fingerprint density at radius 3 is 3.00 bits per heavy atom. The molecule has 0 fully saturated rings. The van der Waals surface area contributed by atoms with E-state index in [9.17, 15) is 0 Å². The Hall–Kier alpha value is -1.03. The number of rotatable bonds is 0. The van der Waals surface area contributed by atoms with Crippen molar-refractivity contribution < 1.29 is 0 Å². The first-order valence-electron chi connectivity index (χ1n) is 3.59. The highest BCUT2D eigenvalue weighted by molar-refractivity contribution is 9.10. The Balaban J connectivity index is 2.96. The summed E-state index contributed by atoms with van der Waals surface area (Å²) in [6.45, 7) is 2.02. The van der Waals surface area contributed by atoms with Gasteiger partial charge >= 0.3 is 0 Å². The van der Waals surface area contributed by atoms with Gasteiger partial charge in [0.15, 0.2) is 5.82 Å². The fourth-order valence-corrected chi connectivity index (χ4v) is 1.75. The SMILES string of the molecule is Cc1ccc2[nH]nc(N)c2c1Br. The summed E-state index contributed by atoms with van der Waals surface area (Å²) < 4.78 is 1.02. The molecule has 2 rings (SSSR count). The minimum Gasteiger partial charge on any atom is -0.382 e. The van der Waals surface area contributed by atoms with Crippen molar-refractivity contribution in [3.05, 3.63) is 22.2 Å². The molecule has 0 spiro atoms. The summed E-state index contributed by atoms with van der Waals surface area (Å²) in [5, 5.41) is 7.74.